The number of hydrazone groups is 1. The van der Waals surface area contributed by atoms with Gasteiger partial charge in [0.15, 0.2) is 6.61 Å². The lowest BCUT2D eigenvalue weighted by molar-refractivity contribution is -0.137. The number of aromatic nitrogens is 2. The molecule has 9 heteroatoms. The monoisotopic (exact) mass is 338 g/mol. The minimum absolute atomic E-state index is 0.0198. The summed E-state index contributed by atoms with van der Waals surface area (Å²) in [6, 6.07) is 3.76. The topological polar surface area (TPSA) is 68.5 Å². The Hall–Kier alpha value is -2.84. The van der Waals surface area contributed by atoms with Crippen LogP contribution in [-0.2, 0) is 22.3 Å². The Morgan fingerprint density at radius 1 is 1.33 bits per heavy atom. The smallest absolute Gasteiger partial charge is 0.417 e. The van der Waals surface area contributed by atoms with E-state index in [0.717, 1.165) is 6.07 Å². The molecule has 0 saturated heterocycles. The molecule has 1 aliphatic heterocycles. The fourth-order valence-electron chi connectivity index (χ4n) is 2.30. The molecule has 0 radical (unpaired) electrons. The maximum absolute atomic E-state index is 13.5. The Kier molecular flexibility index (Phi) is 4.00. The number of amides is 1. The summed E-state index contributed by atoms with van der Waals surface area (Å²) < 4.78 is 47.0. The normalized spacial score (nSPS) is 14.8. The predicted octanol–water partition coefficient (Wildman–Crippen LogP) is 2.40. The Bertz CT molecular complexity index is 811. The first-order valence-electron chi connectivity index (χ1n) is 7.12. The molecule has 24 heavy (non-hydrogen) atoms. The minimum Gasteiger partial charge on any atom is -0.466 e. The van der Waals surface area contributed by atoms with E-state index in [1.54, 1.807) is 10.9 Å². The molecule has 0 atom stereocenters. The fourth-order valence-corrected chi connectivity index (χ4v) is 2.30. The molecule has 0 bridgehead atoms. The summed E-state index contributed by atoms with van der Waals surface area (Å²) in [5.41, 5.74) is 1.88. The maximum Gasteiger partial charge on any atom is 0.417 e. The predicted molar refractivity (Wildman–Crippen MR) is 79.0 cm³/mol. The number of nitrogens with one attached hydrogen (secondary N) is 1. The molecule has 0 aliphatic carbocycles. The van der Waals surface area contributed by atoms with Gasteiger partial charge < -0.3 is 4.74 Å². The number of halogens is 3. The van der Waals surface area contributed by atoms with Crippen LogP contribution in [0.5, 0.6) is 0 Å². The summed E-state index contributed by atoms with van der Waals surface area (Å²) in [6.45, 7) is 2.12. The number of nitrogens with zero attached hydrogens (tertiary/aromatic N) is 3. The second kappa shape index (κ2) is 5.99. The van der Waals surface area contributed by atoms with Gasteiger partial charge >= 0.3 is 6.18 Å². The van der Waals surface area contributed by atoms with E-state index < -0.39 is 17.6 Å². The van der Waals surface area contributed by atoms with Crippen molar-refractivity contribution in [1.29, 1.82) is 0 Å². The van der Waals surface area contributed by atoms with Gasteiger partial charge in [-0.05, 0) is 24.6 Å². The number of carbonyl (C=O) groups excluding carboxylic acids is 1. The molecule has 1 aliphatic rings. The third kappa shape index (κ3) is 3.10. The van der Waals surface area contributed by atoms with Gasteiger partial charge in [0.25, 0.3) is 5.91 Å². The Labute approximate surface area is 134 Å². The van der Waals surface area contributed by atoms with Crippen molar-refractivity contribution in [1.82, 2.24) is 15.2 Å². The summed E-state index contributed by atoms with van der Waals surface area (Å²) in [6.07, 6.45) is -1.61. The molecule has 1 aromatic heterocycles. The molecular weight excluding hydrogens is 325 g/mol. The molecule has 3 rings (SSSR count). The lowest BCUT2D eigenvalue weighted by Crippen LogP contribution is -2.32. The van der Waals surface area contributed by atoms with Crippen molar-refractivity contribution in [3.63, 3.8) is 0 Å². The second-order valence-electron chi connectivity index (χ2n) is 5.08. The molecule has 1 N–H and O–H groups in total. The van der Waals surface area contributed by atoms with Crippen molar-refractivity contribution >= 4 is 11.8 Å². The van der Waals surface area contributed by atoms with Gasteiger partial charge in [-0.15, -0.1) is 5.10 Å². The average molecular weight is 338 g/mol. The van der Waals surface area contributed by atoms with Crippen molar-refractivity contribution in [2.75, 3.05) is 6.61 Å². The number of hydrogen-bond acceptors (Lipinski definition) is 4. The van der Waals surface area contributed by atoms with Crippen LogP contribution >= 0.6 is 0 Å². The molecule has 1 amide bonds. The van der Waals surface area contributed by atoms with Crippen LogP contribution in [0.15, 0.2) is 35.7 Å². The number of benzene rings is 1. The van der Waals surface area contributed by atoms with Crippen molar-refractivity contribution < 1.29 is 22.7 Å². The first kappa shape index (κ1) is 16.0. The van der Waals surface area contributed by atoms with Crippen molar-refractivity contribution in [3.05, 3.63) is 41.7 Å². The lowest BCUT2D eigenvalue weighted by atomic mass is 9.99. The van der Waals surface area contributed by atoms with Crippen LogP contribution in [0.2, 0.25) is 0 Å². The highest BCUT2D eigenvalue weighted by Gasteiger charge is 2.35. The molecule has 126 valence electrons. The number of aryl methyl sites for hydroxylation is 1. The highest BCUT2D eigenvalue weighted by atomic mass is 19.4. The number of alkyl halides is 3. The summed E-state index contributed by atoms with van der Waals surface area (Å²) in [4.78, 5) is 11.0. The minimum atomic E-state index is -4.56. The van der Waals surface area contributed by atoms with Gasteiger partial charge in [0, 0.05) is 23.9 Å². The van der Waals surface area contributed by atoms with Crippen molar-refractivity contribution in [2.45, 2.75) is 19.6 Å². The molecule has 0 spiro atoms. The third-order valence-electron chi connectivity index (χ3n) is 3.46. The van der Waals surface area contributed by atoms with E-state index in [2.05, 4.69) is 15.6 Å². The number of ether oxygens (including phenoxy) is 1. The molecule has 6 nitrogen and oxygen atoms in total. The van der Waals surface area contributed by atoms with E-state index in [1.165, 1.54) is 18.3 Å². The molecule has 2 aromatic rings. The van der Waals surface area contributed by atoms with Crippen LogP contribution < -0.4 is 5.43 Å². The quantitative estimate of drug-likeness (QED) is 0.934. The Morgan fingerprint density at radius 2 is 2.12 bits per heavy atom. The number of carbonyl (C=O) groups is 1. The van der Waals surface area contributed by atoms with Gasteiger partial charge in [0.1, 0.15) is 0 Å². The lowest BCUT2D eigenvalue weighted by Gasteiger charge is -2.17. The van der Waals surface area contributed by atoms with Crippen LogP contribution in [0.25, 0.3) is 11.1 Å². The van der Waals surface area contributed by atoms with E-state index in [1.807, 2.05) is 6.92 Å². The van der Waals surface area contributed by atoms with Crippen molar-refractivity contribution in [2.24, 2.45) is 5.10 Å². The largest absolute Gasteiger partial charge is 0.466 e. The zero-order valence-electron chi connectivity index (χ0n) is 12.6. The second-order valence-corrected chi connectivity index (χ2v) is 5.08. The molecule has 0 unspecified atom stereocenters. The van der Waals surface area contributed by atoms with Crippen molar-refractivity contribution in [3.8, 4) is 11.1 Å². The summed E-state index contributed by atoms with van der Waals surface area (Å²) in [7, 11) is 0. The third-order valence-corrected chi connectivity index (χ3v) is 3.46. The first-order valence-corrected chi connectivity index (χ1v) is 7.12. The molecular formula is C15H13F3N4O2. The highest BCUT2D eigenvalue weighted by molar-refractivity contribution is 5.98. The molecule has 1 aromatic carbocycles. The van der Waals surface area contributed by atoms with Crippen LogP contribution in [0.1, 0.15) is 18.1 Å². The van der Waals surface area contributed by atoms with Crippen LogP contribution in [0, 0.1) is 0 Å². The fraction of sp³-hybridized carbons (Fsp3) is 0.267. The van der Waals surface area contributed by atoms with Gasteiger partial charge in [-0.2, -0.15) is 18.3 Å². The Balaban J connectivity index is 2.06. The number of hydrogen-bond donors (Lipinski definition) is 1. The highest BCUT2D eigenvalue weighted by Crippen LogP contribution is 2.37. The van der Waals surface area contributed by atoms with Gasteiger partial charge in [0.05, 0.1) is 11.8 Å². The average Bonchev–Trinajstić information content (AvgIpc) is 3.03. The number of rotatable bonds is 3. The summed E-state index contributed by atoms with van der Waals surface area (Å²) >= 11 is 0. The van der Waals surface area contributed by atoms with Gasteiger partial charge in [-0.1, -0.05) is 6.07 Å². The standard InChI is InChI=1S/C15H13F3N4O2/c1-2-22-7-10(6-19-22)11-4-3-9(5-12(11)15(16,17)18)14-21-20-13(23)8-24-14/h3-7H,2,8H2,1H3,(H,20,23). The molecule has 2 heterocycles. The van der Waals surface area contributed by atoms with E-state index in [9.17, 15) is 18.0 Å². The van der Waals surface area contributed by atoms with E-state index in [4.69, 9.17) is 4.74 Å². The molecule has 0 fully saturated rings. The van der Waals surface area contributed by atoms with Gasteiger partial charge in [-0.25, -0.2) is 5.43 Å². The zero-order valence-corrected chi connectivity index (χ0v) is 12.6. The van der Waals surface area contributed by atoms with E-state index >= 15 is 0 Å². The van der Waals surface area contributed by atoms with Crippen LogP contribution in [-0.4, -0.2) is 28.2 Å². The Morgan fingerprint density at radius 3 is 2.71 bits per heavy atom. The molecule has 0 saturated carbocycles. The maximum atomic E-state index is 13.5. The van der Waals surface area contributed by atoms with Crippen LogP contribution in [0.3, 0.4) is 0 Å². The SMILES string of the molecule is CCn1cc(-c2ccc(C3=NNC(=O)CO3)cc2C(F)(F)F)cn1. The van der Waals surface area contributed by atoms with Gasteiger partial charge in [-0.3, -0.25) is 9.48 Å². The van der Waals surface area contributed by atoms with E-state index in [0.29, 0.717) is 12.1 Å². The van der Waals surface area contributed by atoms with Crippen LogP contribution in [0.4, 0.5) is 13.2 Å². The van der Waals surface area contributed by atoms with E-state index in [-0.39, 0.29) is 23.6 Å². The van der Waals surface area contributed by atoms with Gasteiger partial charge in [0.2, 0.25) is 5.90 Å². The summed E-state index contributed by atoms with van der Waals surface area (Å²) in [5, 5.41) is 7.64. The zero-order chi connectivity index (χ0) is 17.3. The summed E-state index contributed by atoms with van der Waals surface area (Å²) in [5.74, 6) is -0.519. The first-order chi connectivity index (χ1) is 11.4.